The first-order valence-corrected chi connectivity index (χ1v) is 6.06. The summed E-state index contributed by atoms with van der Waals surface area (Å²) in [7, 11) is 0. The van der Waals surface area contributed by atoms with E-state index in [1.807, 2.05) is 36.4 Å². The Balaban J connectivity index is 2.18. The van der Waals surface area contributed by atoms with Crippen LogP contribution in [0, 0.1) is 17.1 Å². The molecule has 2 rings (SSSR count). The molecule has 0 radical (unpaired) electrons. The Morgan fingerprint density at radius 3 is 2.56 bits per heavy atom. The number of nitrogens with zero attached hydrogens (tertiary/aromatic N) is 1. The molecule has 0 aliphatic carbocycles. The Morgan fingerprint density at radius 2 is 1.94 bits per heavy atom. The van der Waals surface area contributed by atoms with E-state index in [0.29, 0.717) is 4.47 Å². The van der Waals surface area contributed by atoms with Crippen LogP contribution in [0.25, 0.3) is 0 Å². The molecule has 90 valence electrons. The number of ether oxygens (including phenoxy) is 1. The fourth-order valence-corrected chi connectivity index (χ4v) is 2.04. The minimum atomic E-state index is -0.545. The molecule has 4 heteroatoms. The molecule has 0 aromatic heterocycles. The molecule has 0 atom stereocenters. The van der Waals surface area contributed by atoms with Crippen LogP contribution in [-0.4, -0.2) is 0 Å². The van der Waals surface area contributed by atoms with Gasteiger partial charge in [-0.1, -0.05) is 30.3 Å². The van der Waals surface area contributed by atoms with Crippen molar-refractivity contribution in [1.29, 1.82) is 5.26 Å². The van der Waals surface area contributed by atoms with E-state index in [1.54, 1.807) is 0 Å². The zero-order valence-electron chi connectivity index (χ0n) is 9.36. The van der Waals surface area contributed by atoms with Crippen LogP contribution < -0.4 is 4.74 Å². The van der Waals surface area contributed by atoms with Gasteiger partial charge in [-0.2, -0.15) is 5.26 Å². The first-order chi connectivity index (χ1) is 8.70. The van der Waals surface area contributed by atoms with Crippen molar-refractivity contribution in [3.8, 4) is 11.8 Å². The van der Waals surface area contributed by atoms with Crippen LogP contribution in [0.4, 0.5) is 4.39 Å². The smallest absolute Gasteiger partial charge is 0.169 e. The quantitative estimate of drug-likeness (QED) is 0.857. The number of nitriles is 1. The second kappa shape index (κ2) is 5.65. The SMILES string of the molecule is N#Cc1cc(F)c(OCc2ccccc2)c(Br)c1. The fraction of sp³-hybridized carbons (Fsp3) is 0.0714. The summed E-state index contributed by atoms with van der Waals surface area (Å²) in [5.74, 6) is -0.422. The number of benzene rings is 2. The summed E-state index contributed by atoms with van der Waals surface area (Å²) in [5, 5.41) is 8.71. The van der Waals surface area contributed by atoms with Crippen molar-refractivity contribution in [1.82, 2.24) is 0 Å². The summed E-state index contributed by atoms with van der Waals surface area (Å²) >= 11 is 3.20. The topological polar surface area (TPSA) is 33.0 Å². The lowest BCUT2D eigenvalue weighted by Crippen LogP contribution is -1.98. The van der Waals surface area contributed by atoms with Gasteiger partial charge in [0.05, 0.1) is 16.1 Å². The summed E-state index contributed by atoms with van der Waals surface area (Å²) in [6.07, 6.45) is 0. The molecule has 0 heterocycles. The molecule has 0 saturated carbocycles. The highest BCUT2D eigenvalue weighted by molar-refractivity contribution is 9.10. The van der Waals surface area contributed by atoms with Gasteiger partial charge < -0.3 is 4.74 Å². The largest absolute Gasteiger partial charge is 0.485 e. The summed E-state index contributed by atoms with van der Waals surface area (Å²) in [5.41, 5.74) is 1.21. The molecule has 2 nitrogen and oxygen atoms in total. The Labute approximate surface area is 113 Å². The zero-order chi connectivity index (χ0) is 13.0. The molecule has 0 unspecified atom stereocenters. The van der Waals surface area contributed by atoms with E-state index in [2.05, 4.69) is 15.9 Å². The second-order valence-electron chi connectivity index (χ2n) is 3.66. The first-order valence-electron chi connectivity index (χ1n) is 5.26. The Hall–Kier alpha value is -1.86. The highest BCUT2D eigenvalue weighted by Crippen LogP contribution is 2.30. The van der Waals surface area contributed by atoms with Gasteiger partial charge in [0.1, 0.15) is 6.61 Å². The number of halogens is 2. The van der Waals surface area contributed by atoms with Gasteiger partial charge in [0, 0.05) is 0 Å². The van der Waals surface area contributed by atoms with E-state index in [0.717, 1.165) is 11.6 Å². The molecule has 18 heavy (non-hydrogen) atoms. The Bertz CT molecular complexity index is 569. The molecule has 2 aromatic carbocycles. The van der Waals surface area contributed by atoms with Crippen LogP contribution in [0.1, 0.15) is 11.1 Å². The maximum Gasteiger partial charge on any atom is 0.169 e. The van der Waals surface area contributed by atoms with E-state index in [4.69, 9.17) is 10.00 Å². The van der Waals surface area contributed by atoms with Crippen molar-refractivity contribution in [2.45, 2.75) is 6.61 Å². The third-order valence-electron chi connectivity index (χ3n) is 2.35. The van der Waals surface area contributed by atoms with E-state index in [1.165, 1.54) is 6.07 Å². The fourth-order valence-electron chi connectivity index (χ4n) is 1.49. The van der Waals surface area contributed by atoms with Crippen LogP contribution in [-0.2, 0) is 6.61 Å². The van der Waals surface area contributed by atoms with Gasteiger partial charge in [0.25, 0.3) is 0 Å². The average molecular weight is 306 g/mol. The summed E-state index contributed by atoms with van der Waals surface area (Å²) in [4.78, 5) is 0. The molecule has 0 aliphatic rings. The predicted molar refractivity (Wildman–Crippen MR) is 69.6 cm³/mol. The van der Waals surface area contributed by atoms with Crippen molar-refractivity contribution in [2.24, 2.45) is 0 Å². The monoisotopic (exact) mass is 305 g/mol. The van der Waals surface area contributed by atoms with Crippen molar-refractivity contribution >= 4 is 15.9 Å². The lowest BCUT2D eigenvalue weighted by molar-refractivity contribution is 0.288. The van der Waals surface area contributed by atoms with Crippen molar-refractivity contribution < 1.29 is 9.13 Å². The van der Waals surface area contributed by atoms with Crippen LogP contribution in [0.5, 0.6) is 5.75 Å². The molecule has 0 saturated heterocycles. The molecule has 0 spiro atoms. The van der Waals surface area contributed by atoms with Crippen LogP contribution >= 0.6 is 15.9 Å². The van der Waals surface area contributed by atoms with E-state index in [-0.39, 0.29) is 17.9 Å². The Morgan fingerprint density at radius 1 is 1.22 bits per heavy atom. The maximum atomic E-state index is 13.7. The normalized spacial score (nSPS) is 9.83. The predicted octanol–water partition coefficient (Wildman–Crippen LogP) is 4.04. The standard InChI is InChI=1S/C14H9BrFNO/c15-12-6-11(8-17)7-13(16)14(12)18-9-10-4-2-1-3-5-10/h1-7H,9H2. The minimum absolute atomic E-state index is 0.123. The Kier molecular flexibility index (Phi) is 3.96. The van der Waals surface area contributed by atoms with Gasteiger partial charge in [-0.25, -0.2) is 4.39 Å². The highest BCUT2D eigenvalue weighted by atomic mass is 79.9. The third-order valence-corrected chi connectivity index (χ3v) is 2.94. The van der Waals surface area contributed by atoms with Crippen molar-refractivity contribution in [3.63, 3.8) is 0 Å². The van der Waals surface area contributed by atoms with Crippen LogP contribution in [0.2, 0.25) is 0 Å². The molecule has 0 amide bonds. The third kappa shape index (κ3) is 2.88. The molecule has 0 N–H and O–H groups in total. The molecule has 2 aromatic rings. The van der Waals surface area contributed by atoms with Gasteiger partial charge in [-0.05, 0) is 33.6 Å². The summed E-state index contributed by atoms with van der Waals surface area (Å²) in [6.45, 7) is 0.280. The summed E-state index contributed by atoms with van der Waals surface area (Å²) < 4.78 is 19.6. The van der Waals surface area contributed by atoms with Gasteiger partial charge in [0.15, 0.2) is 11.6 Å². The van der Waals surface area contributed by atoms with Crippen molar-refractivity contribution in [2.75, 3.05) is 0 Å². The van der Waals surface area contributed by atoms with E-state index >= 15 is 0 Å². The zero-order valence-corrected chi connectivity index (χ0v) is 10.9. The molecule has 0 fully saturated rings. The molecular formula is C14H9BrFNO. The molecule has 0 bridgehead atoms. The van der Waals surface area contributed by atoms with Crippen LogP contribution in [0.15, 0.2) is 46.9 Å². The summed E-state index contributed by atoms with van der Waals surface area (Å²) in [6, 6.07) is 14.1. The lowest BCUT2D eigenvalue weighted by Gasteiger charge is -2.09. The van der Waals surface area contributed by atoms with E-state index < -0.39 is 5.82 Å². The van der Waals surface area contributed by atoms with Gasteiger partial charge in [0.2, 0.25) is 0 Å². The van der Waals surface area contributed by atoms with E-state index in [9.17, 15) is 4.39 Å². The molecular weight excluding hydrogens is 297 g/mol. The minimum Gasteiger partial charge on any atom is -0.485 e. The average Bonchev–Trinajstić information content (AvgIpc) is 2.38. The van der Waals surface area contributed by atoms with Crippen molar-refractivity contribution in [3.05, 3.63) is 63.9 Å². The number of hydrogen-bond donors (Lipinski definition) is 0. The second-order valence-corrected chi connectivity index (χ2v) is 4.51. The number of rotatable bonds is 3. The highest BCUT2D eigenvalue weighted by Gasteiger charge is 2.10. The van der Waals surface area contributed by atoms with Gasteiger partial charge >= 0.3 is 0 Å². The first kappa shape index (κ1) is 12.6. The van der Waals surface area contributed by atoms with Gasteiger partial charge in [-0.15, -0.1) is 0 Å². The number of hydrogen-bond acceptors (Lipinski definition) is 2. The lowest BCUT2D eigenvalue weighted by atomic mass is 10.2. The molecule has 0 aliphatic heterocycles. The maximum absolute atomic E-state index is 13.7. The van der Waals surface area contributed by atoms with Gasteiger partial charge in [-0.3, -0.25) is 0 Å². The van der Waals surface area contributed by atoms with Crippen LogP contribution in [0.3, 0.4) is 0 Å².